The number of nitrogens with two attached hydrogens (primary N) is 1. The summed E-state index contributed by atoms with van der Waals surface area (Å²) in [5.41, 5.74) is 10.1. The van der Waals surface area contributed by atoms with Crippen molar-refractivity contribution in [3.63, 3.8) is 0 Å². The maximum atomic E-state index is 6.11. The van der Waals surface area contributed by atoms with Gasteiger partial charge in [-0.1, -0.05) is 48.5 Å². The van der Waals surface area contributed by atoms with E-state index in [1.807, 2.05) is 41.1 Å². The number of rotatable bonds is 2. The normalized spacial score (nSPS) is 11.3. The highest BCUT2D eigenvalue weighted by Gasteiger charge is 2.14. The van der Waals surface area contributed by atoms with Crippen LogP contribution in [0, 0.1) is 6.92 Å². The van der Waals surface area contributed by atoms with Crippen LogP contribution < -0.4 is 5.73 Å². The summed E-state index contributed by atoms with van der Waals surface area (Å²) in [4.78, 5) is 4.47. The summed E-state index contributed by atoms with van der Waals surface area (Å²) in [5, 5.41) is 6.88. The molecule has 0 aliphatic heterocycles. The molecule has 4 nitrogen and oxygen atoms in total. The molecule has 2 N–H and O–H groups in total. The molecule has 2 aromatic heterocycles. The Labute approximate surface area is 128 Å². The highest BCUT2D eigenvalue weighted by molar-refractivity contribution is 6.09. The third-order valence-corrected chi connectivity index (χ3v) is 4.04. The van der Waals surface area contributed by atoms with Crippen LogP contribution in [-0.2, 0) is 6.54 Å². The Bertz CT molecular complexity index is 971. The minimum atomic E-state index is 0.489. The van der Waals surface area contributed by atoms with Gasteiger partial charge in [0, 0.05) is 16.5 Å². The van der Waals surface area contributed by atoms with Crippen molar-refractivity contribution in [2.45, 2.75) is 13.5 Å². The number of para-hydroxylation sites is 1. The summed E-state index contributed by atoms with van der Waals surface area (Å²) in [5.74, 6) is 0.489. The first-order valence-corrected chi connectivity index (χ1v) is 7.29. The zero-order valence-corrected chi connectivity index (χ0v) is 12.3. The van der Waals surface area contributed by atoms with E-state index in [0.29, 0.717) is 5.82 Å². The monoisotopic (exact) mass is 288 g/mol. The first kappa shape index (κ1) is 12.8. The van der Waals surface area contributed by atoms with Crippen LogP contribution in [0.25, 0.3) is 21.8 Å². The maximum absolute atomic E-state index is 6.11. The lowest BCUT2D eigenvalue weighted by molar-refractivity contribution is 0.674. The number of benzene rings is 2. The van der Waals surface area contributed by atoms with Gasteiger partial charge >= 0.3 is 0 Å². The van der Waals surface area contributed by atoms with Gasteiger partial charge in [0.1, 0.15) is 5.52 Å². The third kappa shape index (κ3) is 1.92. The molecule has 4 heteroatoms. The van der Waals surface area contributed by atoms with Crippen LogP contribution in [0.1, 0.15) is 11.3 Å². The largest absolute Gasteiger partial charge is 0.382 e. The molecule has 0 fully saturated rings. The molecule has 2 heterocycles. The second-order valence-corrected chi connectivity index (χ2v) is 5.47. The highest BCUT2D eigenvalue weighted by Crippen LogP contribution is 2.30. The summed E-state index contributed by atoms with van der Waals surface area (Å²) in [6.07, 6.45) is 0. The van der Waals surface area contributed by atoms with E-state index < -0.39 is 0 Å². The van der Waals surface area contributed by atoms with E-state index in [2.05, 4.69) is 35.2 Å². The summed E-state index contributed by atoms with van der Waals surface area (Å²) < 4.78 is 2.00. The van der Waals surface area contributed by atoms with Gasteiger partial charge < -0.3 is 5.73 Å². The molecular formula is C18H16N4. The van der Waals surface area contributed by atoms with Crippen LogP contribution in [0.15, 0.2) is 54.6 Å². The lowest BCUT2D eigenvalue weighted by Gasteiger charge is -2.04. The molecule has 0 spiro atoms. The number of nitrogen functional groups attached to an aromatic ring is 1. The fourth-order valence-electron chi connectivity index (χ4n) is 2.92. The first-order chi connectivity index (χ1) is 10.7. The molecule has 0 saturated carbocycles. The fourth-order valence-corrected chi connectivity index (χ4v) is 2.92. The Balaban J connectivity index is 1.97. The first-order valence-electron chi connectivity index (χ1n) is 7.29. The van der Waals surface area contributed by atoms with Crippen molar-refractivity contribution >= 4 is 27.6 Å². The van der Waals surface area contributed by atoms with E-state index in [-0.39, 0.29) is 0 Å². The van der Waals surface area contributed by atoms with Crippen molar-refractivity contribution in [1.29, 1.82) is 0 Å². The van der Waals surface area contributed by atoms with Crippen molar-refractivity contribution in [2.75, 3.05) is 5.73 Å². The van der Waals surface area contributed by atoms with E-state index in [0.717, 1.165) is 34.0 Å². The molecule has 0 atom stereocenters. The van der Waals surface area contributed by atoms with E-state index in [4.69, 9.17) is 5.73 Å². The van der Waals surface area contributed by atoms with Crippen LogP contribution in [-0.4, -0.2) is 14.8 Å². The van der Waals surface area contributed by atoms with Crippen LogP contribution in [0.3, 0.4) is 0 Å². The molecule has 0 saturated heterocycles. The highest BCUT2D eigenvalue weighted by atomic mass is 15.3. The van der Waals surface area contributed by atoms with E-state index in [9.17, 15) is 0 Å². The van der Waals surface area contributed by atoms with Crippen molar-refractivity contribution < 1.29 is 0 Å². The molecule has 4 rings (SSSR count). The Morgan fingerprint density at radius 1 is 1.00 bits per heavy atom. The van der Waals surface area contributed by atoms with Gasteiger partial charge in [0.25, 0.3) is 0 Å². The van der Waals surface area contributed by atoms with Crippen molar-refractivity contribution in [2.24, 2.45) is 0 Å². The van der Waals surface area contributed by atoms with Crippen LogP contribution in [0.2, 0.25) is 0 Å². The smallest absolute Gasteiger partial charge is 0.152 e. The maximum Gasteiger partial charge on any atom is 0.152 e. The van der Waals surface area contributed by atoms with Crippen LogP contribution >= 0.6 is 0 Å². The fraction of sp³-hybridized carbons (Fsp3) is 0.111. The zero-order valence-electron chi connectivity index (χ0n) is 12.3. The number of aryl methyl sites for hydroxylation is 1. The SMILES string of the molecule is Cc1c2c(nn1Cc1ccccc1)c(N)nc1ccccc12. The average Bonchev–Trinajstić information content (AvgIpc) is 2.87. The number of anilines is 1. The lowest BCUT2D eigenvalue weighted by atomic mass is 10.1. The zero-order chi connectivity index (χ0) is 15.1. The predicted octanol–water partition coefficient (Wildman–Crippen LogP) is 3.52. The molecule has 0 aliphatic rings. The van der Waals surface area contributed by atoms with Crippen LogP contribution in [0.4, 0.5) is 5.82 Å². The Morgan fingerprint density at radius 3 is 2.55 bits per heavy atom. The van der Waals surface area contributed by atoms with Gasteiger partial charge in [0.15, 0.2) is 5.82 Å². The number of hydrogen-bond acceptors (Lipinski definition) is 3. The molecule has 22 heavy (non-hydrogen) atoms. The number of hydrogen-bond donors (Lipinski definition) is 1. The Hall–Kier alpha value is -2.88. The average molecular weight is 288 g/mol. The summed E-state index contributed by atoms with van der Waals surface area (Å²) in [6, 6.07) is 18.4. The molecule has 0 unspecified atom stereocenters. The molecule has 4 aromatic rings. The van der Waals surface area contributed by atoms with Gasteiger partial charge in [-0.3, -0.25) is 4.68 Å². The van der Waals surface area contributed by atoms with E-state index >= 15 is 0 Å². The number of fused-ring (bicyclic) bond motifs is 3. The lowest BCUT2D eigenvalue weighted by Crippen LogP contribution is -2.03. The summed E-state index contributed by atoms with van der Waals surface area (Å²) >= 11 is 0. The quantitative estimate of drug-likeness (QED) is 0.614. The molecule has 2 aromatic carbocycles. The molecule has 108 valence electrons. The minimum absolute atomic E-state index is 0.489. The molecule has 0 bridgehead atoms. The van der Waals surface area contributed by atoms with Crippen LogP contribution in [0.5, 0.6) is 0 Å². The van der Waals surface area contributed by atoms with Gasteiger partial charge in [0.05, 0.1) is 12.1 Å². The van der Waals surface area contributed by atoms with Gasteiger partial charge in [-0.25, -0.2) is 4.98 Å². The Morgan fingerprint density at radius 2 is 1.73 bits per heavy atom. The summed E-state index contributed by atoms with van der Waals surface area (Å²) in [6.45, 7) is 2.82. The molecule has 0 radical (unpaired) electrons. The van der Waals surface area contributed by atoms with Crippen molar-refractivity contribution in [3.8, 4) is 0 Å². The second kappa shape index (κ2) is 4.84. The van der Waals surface area contributed by atoms with Gasteiger partial charge in [-0.2, -0.15) is 5.10 Å². The third-order valence-electron chi connectivity index (χ3n) is 4.04. The standard InChI is InChI=1S/C18H16N4/c1-12-16-14-9-5-6-10-15(14)20-18(19)17(16)21-22(12)11-13-7-3-2-4-8-13/h2-10H,11H2,1H3,(H2,19,20). The summed E-state index contributed by atoms with van der Waals surface area (Å²) in [7, 11) is 0. The van der Waals surface area contributed by atoms with Crippen molar-refractivity contribution in [1.82, 2.24) is 14.8 Å². The number of pyridine rings is 1. The number of nitrogens with zero attached hydrogens (tertiary/aromatic N) is 3. The predicted molar refractivity (Wildman–Crippen MR) is 89.7 cm³/mol. The second-order valence-electron chi connectivity index (χ2n) is 5.47. The molecule has 0 aliphatic carbocycles. The van der Waals surface area contributed by atoms with E-state index in [1.54, 1.807) is 0 Å². The molecule has 0 amide bonds. The van der Waals surface area contributed by atoms with Crippen molar-refractivity contribution in [3.05, 3.63) is 65.9 Å². The van der Waals surface area contributed by atoms with E-state index in [1.165, 1.54) is 5.56 Å². The topological polar surface area (TPSA) is 56.7 Å². The van der Waals surface area contributed by atoms with Gasteiger partial charge in [-0.15, -0.1) is 0 Å². The minimum Gasteiger partial charge on any atom is -0.382 e. The van der Waals surface area contributed by atoms with Gasteiger partial charge in [-0.05, 0) is 18.6 Å². The van der Waals surface area contributed by atoms with Gasteiger partial charge in [0.2, 0.25) is 0 Å². The number of aromatic nitrogens is 3. The Kier molecular flexibility index (Phi) is 2.82. The molecular weight excluding hydrogens is 272 g/mol.